The lowest BCUT2D eigenvalue weighted by molar-refractivity contribution is -0.150. The summed E-state index contributed by atoms with van der Waals surface area (Å²) in [6, 6.07) is 0. The Kier molecular flexibility index (Phi) is 3.57. The van der Waals surface area contributed by atoms with Gasteiger partial charge >= 0.3 is 0 Å². The molecule has 0 aromatic carbocycles. The molecule has 3 nitrogen and oxygen atoms in total. The van der Waals surface area contributed by atoms with Crippen LogP contribution in [0, 0.1) is 5.41 Å². The van der Waals surface area contributed by atoms with Crippen LogP contribution in [-0.4, -0.2) is 41.2 Å². The molecule has 0 unspecified atom stereocenters. The first-order valence-corrected chi connectivity index (χ1v) is 7.16. The van der Waals surface area contributed by atoms with E-state index in [1.807, 2.05) is 16.7 Å². The van der Waals surface area contributed by atoms with Crippen molar-refractivity contribution in [1.82, 2.24) is 4.90 Å². The second kappa shape index (κ2) is 4.78. The van der Waals surface area contributed by atoms with E-state index in [1.165, 1.54) is 0 Å². The predicted octanol–water partition coefficient (Wildman–Crippen LogP) is 1.71. The number of carbonyl (C=O) groups is 2. The maximum Gasteiger partial charge on any atom is 0.229 e. The van der Waals surface area contributed by atoms with Gasteiger partial charge in [-0.2, -0.15) is 11.8 Å². The molecule has 2 aliphatic rings. The summed E-state index contributed by atoms with van der Waals surface area (Å²) in [4.78, 5) is 25.6. The largest absolute Gasteiger partial charge is 0.341 e. The highest BCUT2D eigenvalue weighted by Gasteiger charge is 2.46. The van der Waals surface area contributed by atoms with Crippen LogP contribution >= 0.6 is 11.8 Å². The highest BCUT2D eigenvalue weighted by atomic mass is 32.2. The predicted molar refractivity (Wildman–Crippen MR) is 65.5 cm³/mol. The molecular weight excluding hydrogens is 222 g/mol. The molecule has 2 fully saturated rings. The van der Waals surface area contributed by atoms with E-state index in [-0.39, 0.29) is 17.1 Å². The van der Waals surface area contributed by atoms with Crippen LogP contribution in [0.15, 0.2) is 0 Å². The smallest absolute Gasteiger partial charge is 0.229 e. The number of nitrogens with zero attached hydrogens (tertiary/aromatic N) is 1. The van der Waals surface area contributed by atoms with Crippen LogP contribution in [0.5, 0.6) is 0 Å². The molecule has 0 bridgehead atoms. The van der Waals surface area contributed by atoms with Gasteiger partial charge in [0.05, 0.1) is 5.41 Å². The Hall–Kier alpha value is -0.510. The minimum atomic E-state index is -0.312. The van der Waals surface area contributed by atoms with Gasteiger partial charge in [0.2, 0.25) is 5.91 Å². The maximum absolute atomic E-state index is 12.4. The zero-order chi connectivity index (χ0) is 11.6. The second-order valence-electron chi connectivity index (χ2n) is 4.92. The summed E-state index contributed by atoms with van der Waals surface area (Å²) in [5, 5.41) is 0. The van der Waals surface area contributed by atoms with Gasteiger partial charge in [0, 0.05) is 31.0 Å². The standard InChI is InChI=1S/C12H19NO2S/c1-10(14)9-12(3-2-4-12)11(15)13-5-7-16-8-6-13/h2-9H2,1H3. The number of hydrogen-bond donors (Lipinski definition) is 0. The molecule has 4 heteroatoms. The van der Waals surface area contributed by atoms with Gasteiger partial charge in [-0.15, -0.1) is 0 Å². The third-order valence-corrected chi connectivity index (χ3v) is 4.59. The topological polar surface area (TPSA) is 37.4 Å². The fourth-order valence-corrected chi connectivity index (χ4v) is 3.55. The molecule has 1 amide bonds. The molecule has 1 saturated heterocycles. The van der Waals surface area contributed by atoms with Crippen LogP contribution in [-0.2, 0) is 9.59 Å². The third kappa shape index (κ3) is 2.26. The van der Waals surface area contributed by atoms with E-state index >= 15 is 0 Å². The minimum Gasteiger partial charge on any atom is -0.341 e. The highest BCUT2D eigenvalue weighted by Crippen LogP contribution is 2.45. The first-order chi connectivity index (χ1) is 7.64. The van der Waals surface area contributed by atoms with Crippen LogP contribution in [0.2, 0.25) is 0 Å². The summed E-state index contributed by atoms with van der Waals surface area (Å²) in [6.07, 6.45) is 3.38. The molecule has 2 rings (SSSR count). The lowest BCUT2D eigenvalue weighted by Crippen LogP contribution is -2.51. The fourth-order valence-electron chi connectivity index (χ4n) is 2.65. The Morgan fingerprint density at radius 1 is 1.25 bits per heavy atom. The van der Waals surface area contributed by atoms with Crippen molar-refractivity contribution in [3.05, 3.63) is 0 Å². The van der Waals surface area contributed by atoms with E-state index in [0.717, 1.165) is 43.9 Å². The summed E-state index contributed by atoms with van der Waals surface area (Å²) < 4.78 is 0. The molecule has 0 atom stereocenters. The van der Waals surface area contributed by atoms with Gasteiger partial charge < -0.3 is 4.90 Å². The lowest BCUT2D eigenvalue weighted by Gasteiger charge is -2.44. The van der Waals surface area contributed by atoms with Crippen molar-refractivity contribution in [2.75, 3.05) is 24.6 Å². The fraction of sp³-hybridized carbons (Fsp3) is 0.833. The molecule has 0 N–H and O–H groups in total. The molecule has 1 saturated carbocycles. The van der Waals surface area contributed by atoms with Gasteiger partial charge in [0.1, 0.15) is 5.78 Å². The molecule has 90 valence electrons. The number of hydrogen-bond acceptors (Lipinski definition) is 3. The maximum atomic E-state index is 12.4. The molecule has 1 aliphatic heterocycles. The molecular formula is C12H19NO2S. The van der Waals surface area contributed by atoms with Crippen molar-refractivity contribution in [3.8, 4) is 0 Å². The summed E-state index contributed by atoms with van der Waals surface area (Å²) >= 11 is 1.91. The average Bonchev–Trinajstić information content (AvgIpc) is 2.23. The Morgan fingerprint density at radius 2 is 1.88 bits per heavy atom. The van der Waals surface area contributed by atoms with Crippen LogP contribution in [0.25, 0.3) is 0 Å². The van der Waals surface area contributed by atoms with E-state index < -0.39 is 0 Å². The summed E-state index contributed by atoms with van der Waals surface area (Å²) in [5.74, 6) is 2.48. The Bertz CT molecular complexity index is 293. The van der Waals surface area contributed by atoms with Gasteiger partial charge in [0.25, 0.3) is 0 Å². The Morgan fingerprint density at radius 3 is 2.31 bits per heavy atom. The molecule has 0 aromatic heterocycles. The molecule has 1 aliphatic carbocycles. The number of rotatable bonds is 3. The van der Waals surface area contributed by atoms with Gasteiger partial charge in [-0.3, -0.25) is 9.59 Å². The number of ketones is 1. The first-order valence-electron chi connectivity index (χ1n) is 6.01. The lowest BCUT2D eigenvalue weighted by atomic mass is 9.65. The Labute approximate surface area is 101 Å². The van der Waals surface area contributed by atoms with E-state index in [0.29, 0.717) is 6.42 Å². The summed E-state index contributed by atoms with van der Waals surface area (Å²) in [5.41, 5.74) is -0.312. The number of carbonyl (C=O) groups excluding carboxylic acids is 2. The van der Waals surface area contributed by atoms with E-state index in [9.17, 15) is 9.59 Å². The van der Waals surface area contributed by atoms with Crippen LogP contribution < -0.4 is 0 Å². The highest BCUT2D eigenvalue weighted by molar-refractivity contribution is 7.99. The summed E-state index contributed by atoms with van der Waals surface area (Å²) in [7, 11) is 0. The van der Waals surface area contributed by atoms with Crippen molar-refractivity contribution in [3.63, 3.8) is 0 Å². The zero-order valence-electron chi connectivity index (χ0n) is 9.83. The van der Waals surface area contributed by atoms with Crippen molar-refractivity contribution >= 4 is 23.5 Å². The minimum absolute atomic E-state index is 0.152. The van der Waals surface area contributed by atoms with Crippen LogP contribution in [0.4, 0.5) is 0 Å². The first kappa shape index (κ1) is 12.0. The van der Waals surface area contributed by atoms with E-state index in [2.05, 4.69) is 0 Å². The number of thioether (sulfide) groups is 1. The molecule has 0 spiro atoms. The quantitative estimate of drug-likeness (QED) is 0.755. The molecule has 0 radical (unpaired) electrons. The van der Waals surface area contributed by atoms with E-state index in [1.54, 1.807) is 6.92 Å². The van der Waals surface area contributed by atoms with Crippen molar-refractivity contribution in [2.24, 2.45) is 5.41 Å². The van der Waals surface area contributed by atoms with E-state index in [4.69, 9.17) is 0 Å². The van der Waals surface area contributed by atoms with Crippen molar-refractivity contribution in [2.45, 2.75) is 32.6 Å². The monoisotopic (exact) mass is 241 g/mol. The van der Waals surface area contributed by atoms with Crippen LogP contribution in [0.3, 0.4) is 0 Å². The summed E-state index contributed by atoms with van der Waals surface area (Å²) in [6.45, 7) is 3.33. The number of Topliss-reactive ketones (excluding diaryl/α,β-unsaturated/α-hetero) is 1. The van der Waals surface area contributed by atoms with Gasteiger partial charge in [-0.1, -0.05) is 6.42 Å². The van der Waals surface area contributed by atoms with Gasteiger partial charge in [-0.05, 0) is 19.8 Å². The van der Waals surface area contributed by atoms with Crippen molar-refractivity contribution < 1.29 is 9.59 Å². The molecule has 1 heterocycles. The van der Waals surface area contributed by atoms with Crippen molar-refractivity contribution in [1.29, 1.82) is 0 Å². The van der Waals surface area contributed by atoms with Gasteiger partial charge in [-0.25, -0.2) is 0 Å². The average molecular weight is 241 g/mol. The van der Waals surface area contributed by atoms with Crippen LogP contribution in [0.1, 0.15) is 32.6 Å². The SMILES string of the molecule is CC(=O)CC1(C(=O)N2CCSCC2)CCC1. The molecule has 0 aromatic rings. The second-order valence-corrected chi connectivity index (χ2v) is 6.14. The zero-order valence-corrected chi connectivity index (χ0v) is 10.6. The molecule has 16 heavy (non-hydrogen) atoms. The third-order valence-electron chi connectivity index (χ3n) is 3.65. The number of amides is 1. The normalized spacial score (nSPS) is 23.7. The van der Waals surface area contributed by atoms with Gasteiger partial charge in [0.15, 0.2) is 0 Å². The Balaban J connectivity index is 2.02.